The fourth-order valence-corrected chi connectivity index (χ4v) is 1.85. The minimum atomic E-state index is -0.478. The van der Waals surface area contributed by atoms with Gasteiger partial charge in [0.15, 0.2) is 0 Å². The van der Waals surface area contributed by atoms with E-state index in [4.69, 9.17) is 23.2 Å². The number of carbonyl (C=O) groups excluding carboxylic acids is 1. The fraction of sp³-hybridized carbons (Fsp3) is 0.0909. The molecule has 4 nitrogen and oxygen atoms in total. The maximum atomic E-state index is 11.2. The zero-order chi connectivity index (χ0) is 12.4. The number of benzene rings is 1. The van der Waals surface area contributed by atoms with E-state index < -0.39 is 5.97 Å². The number of hydrogen-bond acceptors (Lipinski definition) is 3. The van der Waals surface area contributed by atoms with Crippen molar-refractivity contribution in [2.24, 2.45) is 0 Å². The van der Waals surface area contributed by atoms with Crippen LogP contribution < -0.4 is 0 Å². The van der Waals surface area contributed by atoms with Gasteiger partial charge in [-0.3, -0.25) is 0 Å². The Morgan fingerprint density at radius 1 is 1.41 bits per heavy atom. The van der Waals surface area contributed by atoms with E-state index in [-0.39, 0.29) is 5.69 Å². The lowest BCUT2D eigenvalue weighted by Gasteiger charge is -2.00. The van der Waals surface area contributed by atoms with Gasteiger partial charge < -0.3 is 9.72 Å². The number of imidazole rings is 1. The quantitative estimate of drug-likeness (QED) is 0.853. The van der Waals surface area contributed by atoms with Crippen LogP contribution in [-0.4, -0.2) is 23.0 Å². The Labute approximate surface area is 108 Å². The van der Waals surface area contributed by atoms with Gasteiger partial charge in [-0.1, -0.05) is 23.2 Å². The summed E-state index contributed by atoms with van der Waals surface area (Å²) in [5.41, 5.74) is 0.944. The number of aromatic amines is 1. The molecule has 0 atom stereocenters. The molecule has 2 aromatic rings. The fourth-order valence-electron chi connectivity index (χ4n) is 1.35. The number of hydrogen-bond donors (Lipinski definition) is 1. The molecule has 0 unspecified atom stereocenters. The van der Waals surface area contributed by atoms with Gasteiger partial charge in [0.1, 0.15) is 11.5 Å². The second-order valence-electron chi connectivity index (χ2n) is 3.26. The van der Waals surface area contributed by atoms with Crippen molar-refractivity contribution in [3.05, 3.63) is 40.1 Å². The van der Waals surface area contributed by atoms with Gasteiger partial charge in [0.25, 0.3) is 0 Å². The van der Waals surface area contributed by atoms with Crippen LogP contribution in [-0.2, 0) is 4.74 Å². The number of nitrogens with zero attached hydrogens (tertiary/aromatic N) is 1. The zero-order valence-corrected chi connectivity index (χ0v) is 10.3. The molecule has 2 rings (SSSR count). The first-order valence-electron chi connectivity index (χ1n) is 4.70. The second-order valence-corrected chi connectivity index (χ2v) is 4.10. The molecule has 0 radical (unpaired) electrons. The molecule has 0 aliphatic rings. The average Bonchev–Trinajstić information content (AvgIpc) is 2.77. The first-order valence-corrected chi connectivity index (χ1v) is 5.46. The number of H-pyrrole nitrogens is 1. The Bertz CT molecular complexity index is 566. The number of carbonyl (C=O) groups is 1. The minimum Gasteiger partial charge on any atom is -0.464 e. The van der Waals surface area contributed by atoms with Gasteiger partial charge in [0.05, 0.1) is 18.3 Å². The standard InChI is InChI=1S/C11H8Cl2N2O2/c1-17-11(16)9-5-14-10(15-9)7-3-2-6(12)4-8(7)13/h2-5H,1H3,(H,14,15). The van der Waals surface area contributed by atoms with Gasteiger partial charge in [0.2, 0.25) is 0 Å². The van der Waals surface area contributed by atoms with Crippen molar-refractivity contribution < 1.29 is 9.53 Å². The Balaban J connectivity index is 2.40. The van der Waals surface area contributed by atoms with Crippen LogP contribution in [0.2, 0.25) is 10.0 Å². The van der Waals surface area contributed by atoms with Crippen molar-refractivity contribution in [1.29, 1.82) is 0 Å². The van der Waals surface area contributed by atoms with Crippen LogP contribution in [0.3, 0.4) is 0 Å². The van der Waals surface area contributed by atoms with Crippen LogP contribution in [0.25, 0.3) is 11.4 Å². The summed E-state index contributed by atoms with van der Waals surface area (Å²) in [7, 11) is 1.30. The second kappa shape index (κ2) is 4.77. The summed E-state index contributed by atoms with van der Waals surface area (Å²) in [5, 5.41) is 1.00. The third-order valence-electron chi connectivity index (χ3n) is 2.17. The van der Waals surface area contributed by atoms with Gasteiger partial charge in [-0.15, -0.1) is 0 Å². The van der Waals surface area contributed by atoms with Crippen molar-refractivity contribution in [3.8, 4) is 11.4 Å². The van der Waals surface area contributed by atoms with Crippen LogP contribution in [0.1, 0.15) is 10.5 Å². The van der Waals surface area contributed by atoms with E-state index in [2.05, 4.69) is 14.7 Å². The highest BCUT2D eigenvalue weighted by molar-refractivity contribution is 6.36. The Morgan fingerprint density at radius 3 is 2.82 bits per heavy atom. The van der Waals surface area contributed by atoms with Crippen LogP contribution in [0, 0.1) is 0 Å². The number of methoxy groups -OCH3 is 1. The van der Waals surface area contributed by atoms with E-state index in [9.17, 15) is 4.79 Å². The van der Waals surface area contributed by atoms with Crippen LogP contribution in [0.5, 0.6) is 0 Å². The van der Waals surface area contributed by atoms with Crippen molar-refractivity contribution in [1.82, 2.24) is 9.97 Å². The zero-order valence-electron chi connectivity index (χ0n) is 8.83. The number of rotatable bonds is 2. The van der Waals surface area contributed by atoms with E-state index in [1.54, 1.807) is 18.2 Å². The van der Waals surface area contributed by atoms with Crippen molar-refractivity contribution in [3.63, 3.8) is 0 Å². The summed E-state index contributed by atoms with van der Waals surface area (Å²) in [5.74, 6) is 0.0147. The van der Waals surface area contributed by atoms with Gasteiger partial charge in [-0.05, 0) is 18.2 Å². The first kappa shape index (κ1) is 12.0. The van der Waals surface area contributed by atoms with E-state index >= 15 is 0 Å². The summed E-state index contributed by atoms with van der Waals surface area (Å²) >= 11 is 11.8. The maximum absolute atomic E-state index is 11.2. The van der Waals surface area contributed by atoms with Crippen molar-refractivity contribution in [2.75, 3.05) is 7.11 Å². The predicted molar refractivity (Wildman–Crippen MR) is 65.4 cm³/mol. The molecule has 88 valence electrons. The molecule has 1 aromatic heterocycles. The van der Waals surface area contributed by atoms with E-state index in [0.29, 0.717) is 21.4 Å². The Kier molecular flexibility index (Phi) is 3.36. The highest BCUT2D eigenvalue weighted by atomic mass is 35.5. The number of esters is 1. The molecule has 0 aliphatic heterocycles. The molecule has 0 fully saturated rings. The number of ether oxygens (including phenoxy) is 1. The molecule has 1 heterocycles. The molecule has 0 spiro atoms. The summed E-state index contributed by atoms with van der Waals surface area (Å²) in [6.07, 6.45) is 1.39. The van der Waals surface area contributed by atoms with E-state index in [1.165, 1.54) is 13.3 Å². The molecule has 6 heteroatoms. The summed E-state index contributed by atoms with van der Waals surface area (Å²) in [4.78, 5) is 18.1. The van der Waals surface area contributed by atoms with Crippen LogP contribution in [0.15, 0.2) is 24.4 Å². The van der Waals surface area contributed by atoms with Crippen molar-refractivity contribution in [2.45, 2.75) is 0 Å². The minimum absolute atomic E-state index is 0.272. The third-order valence-corrected chi connectivity index (χ3v) is 2.72. The monoisotopic (exact) mass is 270 g/mol. The lowest BCUT2D eigenvalue weighted by atomic mass is 10.2. The smallest absolute Gasteiger partial charge is 0.356 e. The van der Waals surface area contributed by atoms with E-state index in [1.807, 2.05) is 0 Å². The molecule has 1 N–H and O–H groups in total. The molecule has 0 bridgehead atoms. The summed E-state index contributed by atoms with van der Waals surface area (Å²) < 4.78 is 4.57. The van der Waals surface area contributed by atoms with Gasteiger partial charge in [-0.25, -0.2) is 9.78 Å². The van der Waals surface area contributed by atoms with Crippen LogP contribution >= 0.6 is 23.2 Å². The molecule has 1 aromatic carbocycles. The Hall–Kier alpha value is -1.52. The number of aromatic nitrogens is 2. The van der Waals surface area contributed by atoms with Crippen LogP contribution in [0.4, 0.5) is 0 Å². The normalized spacial score (nSPS) is 10.3. The maximum Gasteiger partial charge on any atom is 0.356 e. The Morgan fingerprint density at radius 2 is 2.18 bits per heavy atom. The largest absolute Gasteiger partial charge is 0.464 e. The van der Waals surface area contributed by atoms with Gasteiger partial charge >= 0.3 is 5.97 Å². The molecule has 0 saturated heterocycles. The van der Waals surface area contributed by atoms with Gasteiger partial charge in [0, 0.05) is 10.6 Å². The molecular formula is C11H8Cl2N2O2. The third kappa shape index (κ3) is 2.43. The lowest BCUT2D eigenvalue weighted by Crippen LogP contribution is -2.00. The van der Waals surface area contributed by atoms with E-state index in [0.717, 1.165) is 0 Å². The average molecular weight is 271 g/mol. The molecular weight excluding hydrogens is 263 g/mol. The topological polar surface area (TPSA) is 55.0 Å². The van der Waals surface area contributed by atoms with Crippen molar-refractivity contribution >= 4 is 29.2 Å². The lowest BCUT2D eigenvalue weighted by molar-refractivity contribution is 0.0595. The summed E-state index contributed by atoms with van der Waals surface area (Å²) in [6, 6.07) is 5.03. The predicted octanol–water partition coefficient (Wildman–Crippen LogP) is 3.17. The number of nitrogens with one attached hydrogen (secondary N) is 1. The SMILES string of the molecule is COC(=O)c1cnc(-c2ccc(Cl)cc2Cl)[nH]1. The highest BCUT2D eigenvalue weighted by Gasteiger charge is 2.12. The van der Waals surface area contributed by atoms with Gasteiger partial charge in [-0.2, -0.15) is 0 Å². The molecule has 17 heavy (non-hydrogen) atoms. The molecule has 0 amide bonds. The number of halogens is 2. The summed E-state index contributed by atoms with van der Waals surface area (Å²) in [6.45, 7) is 0. The molecule has 0 saturated carbocycles. The first-order chi connectivity index (χ1) is 8.11. The molecule has 0 aliphatic carbocycles. The highest BCUT2D eigenvalue weighted by Crippen LogP contribution is 2.28.